The maximum absolute atomic E-state index is 11.9. The molecule has 25 heavy (non-hydrogen) atoms. The summed E-state index contributed by atoms with van der Waals surface area (Å²) < 4.78 is 5.35. The highest BCUT2D eigenvalue weighted by Gasteiger charge is 2.25. The summed E-state index contributed by atoms with van der Waals surface area (Å²) in [7, 11) is 0. The van der Waals surface area contributed by atoms with Crippen LogP contribution in [0.15, 0.2) is 22.7 Å². The highest BCUT2D eigenvalue weighted by molar-refractivity contribution is 6.36. The maximum Gasteiger partial charge on any atom is 0.241 e. The van der Waals surface area contributed by atoms with Gasteiger partial charge in [-0.15, -0.1) is 0 Å². The summed E-state index contributed by atoms with van der Waals surface area (Å²) in [6, 6.07) is 5.17. The standard InChI is InChI=1S/C17H20Cl2N4O2/c1-2-20-17(24)11-5-7-23(8-6-11)10-15-21-16(22-25-15)13-4-3-12(18)9-14(13)19/h3-4,9,11H,2,5-8,10H2,1H3,(H,20,24). The number of amides is 1. The topological polar surface area (TPSA) is 71.3 Å². The largest absolute Gasteiger partial charge is 0.356 e. The highest BCUT2D eigenvalue weighted by atomic mass is 35.5. The van der Waals surface area contributed by atoms with E-state index in [-0.39, 0.29) is 11.8 Å². The van der Waals surface area contributed by atoms with Crippen LogP contribution >= 0.6 is 23.2 Å². The van der Waals surface area contributed by atoms with Gasteiger partial charge in [-0.2, -0.15) is 4.98 Å². The molecule has 0 atom stereocenters. The van der Waals surface area contributed by atoms with Crippen LogP contribution in [0.25, 0.3) is 11.4 Å². The molecule has 3 rings (SSSR count). The molecule has 0 spiro atoms. The number of hydrogen-bond donors (Lipinski definition) is 1. The fraction of sp³-hybridized carbons (Fsp3) is 0.471. The summed E-state index contributed by atoms with van der Waals surface area (Å²) in [5.41, 5.74) is 0.691. The smallest absolute Gasteiger partial charge is 0.241 e. The second-order valence-electron chi connectivity index (χ2n) is 6.08. The second-order valence-corrected chi connectivity index (χ2v) is 6.92. The number of benzene rings is 1. The molecule has 0 aliphatic carbocycles. The summed E-state index contributed by atoms with van der Waals surface area (Å²) in [4.78, 5) is 18.5. The molecule has 0 saturated carbocycles. The number of rotatable bonds is 5. The van der Waals surface area contributed by atoms with Crippen molar-refractivity contribution < 1.29 is 9.32 Å². The van der Waals surface area contributed by atoms with Crippen molar-refractivity contribution in [2.24, 2.45) is 5.92 Å². The van der Waals surface area contributed by atoms with Gasteiger partial charge in [-0.25, -0.2) is 0 Å². The molecule has 134 valence electrons. The van der Waals surface area contributed by atoms with Crippen LogP contribution in [-0.4, -0.2) is 40.6 Å². The van der Waals surface area contributed by atoms with Crippen molar-refractivity contribution in [2.75, 3.05) is 19.6 Å². The summed E-state index contributed by atoms with van der Waals surface area (Å²) >= 11 is 12.1. The van der Waals surface area contributed by atoms with Crippen molar-refractivity contribution >= 4 is 29.1 Å². The summed E-state index contributed by atoms with van der Waals surface area (Å²) in [6.07, 6.45) is 1.69. The van der Waals surface area contributed by atoms with Gasteiger partial charge in [-0.3, -0.25) is 9.69 Å². The number of likely N-dealkylation sites (tertiary alicyclic amines) is 1. The molecule has 1 aliphatic rings. The van der Waals surface area contributed by atoms with Crippen molar-refractivity contribution in [1.29, 1.82) is 0 Å². The minimum absolute atomic E-state index is 0.0994. The van der Waals surface area contributed by atoms with E-state index in [1.165, 1.54) is 0 Å². The van der Waals surface area contributed by atoms with E-state index < -0.39 is 0 Å². The molecule has 2 heterocycles. The molecule has 1 aromatic carbocycles. The van der Waals surface area contributed by atoms with Gasteiger partial charge >= 0.3 is 0 Å². The Labute approximate surface area is 156 Å². The average Bonchev–Trinajstić information content (AvgIpc) is 3.04. The molecule has 1 fully saturated rings. The fourth-order valence-electron chi connectivity index (χ4n) is 2.96. The molecular weight excluding hydrogens is 363 g/mol. The number of piperidine rings is 1. The van der Waals surface area contributed by atoms with Crippen molar-refractivity contribution in [3.63, 3.8) is 0 Å². The van der Waals surface area contributed by atoms with Crippen LogP contribution in [-0.2, 0) is 11.3 Å². The van der Waals surface area contributed by atoms with Crippen LogP contribution in [0.1, 0.15) is 25.7 Å². The Bertz CT molecular complexity index is 742. The SMILES string of the molecule is CCNC(=O)C1CCN(Cc2nc(-c3ccc(Cl)cc3Cl)no2)CC1. The number of nitrogens with one attached hydrogen (secondary N) is 1. The Morgan fingerprint density at radius 2 is 2.12 bits per heavy atom. The van der Waals surface area contributed by atoms with E-state index in [4.69, 9.17) is 27.7 Å². The first kappa shape index (κ1) is 18.2. The van der Waals surface area contributed by atoms with Crippen molar-refractivity contribution in [3.8, 4) is 11.4 Å². The number of hydrogen-bond acceptors (Lipinski definition) is 5. The third kappa shape index (κ3) is 4.51. The summed E-state index contributed by atoms with van der Waals surface area (Å²) in [5, 5.41) is 7.95. The van der Waals surface area contributed by atoms with Crippen LogP contribution in [0.5, 0.6) is 0 Å². The van der Waals surface area contributed by atoms with E-state index in [0.717, 1.165) is 25.9 Å². The Kier molecular flexibility index (Phi) is 5.93. The summed E-state index contributed by atoms with van der Waals surface area (Å²) in [5.74, 6) is 1.24. The van der Waals surface area contributed by atoms with Gasteiger partial charge in [0, 0.05) is 23.0 Å². The van der Waals surface area contributed by atoms with Gasteiger partial charge in [0.15, 0.2) is 0 Å². The van der Waals surface area contributed by atoms with E-state index in [1.807, 2.05) is 6.92 Å². The van der Waals surface area contributed by atoms with Gasteiger partial charge in [0.1, 0.15) is 0 Å². The molecule has 2 aromatic rings. The molecule has 0 radical (unpaired) electrons. The molecule has 0 unspecified atom stereocenters. The van der Waals surface area contributed by atoms with E-state index >= 15 is 0 Å². The molecule has 1 amide bonds. The lowest BCUT2D eigenvalue weighted by Gasteiger charge is -2.30. The molecular formula is C17H20Cl2N4O2. The van der Waals surface area contributed by atoms with Crippen LogP contribution in [0.4, 0.5) is 0 Å². The van der Waals surface area contributed by atoms with Gasteiger partial charge in [0.05, 0.1) is 11.6 Å². The zero-order valence-electron chi connectivity index (χ0n) is 14.0. The van der Waals surface area contributed by atoms with Crippen molar-refractivity contribution in [1.82, 2.24) is 20.4 Å². The predicted molar refractivity (Wildman–Crippen MR) is 96.4 cm³/mol. The third-order valence-corrected chi connectivity index (χ3v) is 4.86. The van der Waals surface area contributed by atoms with Crippen molar-refractivity contribution in [2.45, 2.75) is 26.3 Å². The number of aromatic nitrogens is 2. The normalized spacial score (nSPS) is 16.1. The molecule has 1 aliphatic heterocycles. The monoisotopic (exact) mass is 382 g/mol. The Morgan fingerprint density at radius 3 is 2.80 bits per heavy atom. The lowest BCUT2D eigenvalue weighted by atomic mass is 9.96. The van der Waals surface area contributed by atoms with E-state index in [9.17, 15) is 4.79 Å². The Hall–Kier alpha value is -1.63. The van der Waals surface area contributed by atoms with Crippen LogP contribution in [0.2, 0.25) is 10.0 Å². The predicted octanol–water partition coefficient (Wildman–Crippen LogP) is 3.39. The quantitative estimate of drug-likeness (QED) is 0.857. The number of carbonyl (C=O) groups is 1. The highest BCUT2D eigenvalue weighted by Crippen LogP contribution is 2.28. The first-order valence-corrected chi connectivity index (χ1v) is 9.10. The van der Waals surface area contributed by atoms with Gasteiger partial charge in [-0.05, 0) is 51.1 Å². The van der Waals surface area contributed by atoms with Gasteiger partial charge in [0.2, 0.25) is 17.6 Å². The van der Waals surface area contributed by atoms with Crippen LogP contribution < -0.4 is 5.32 Å². The third-order valence-electron chi connectivity index (χ3n) is 4.31. The Morgan fingerprint density at radius 1 is 1.36 bits per heavy atom. The lowest BCUT2D eigenvalue weighted by Crippen LogP contribution is -2.40. The minimum atomic E-state index is 0.0994. The zero-order valence-corrected chi connectivity index (χ0v) is 15.5. The molecule has 0 bridgehead atoms. The van der Waals surface area contributed by atoms with Crippen molar-refractivity contribution in [3.05, 3.63) is 34.1 Å². The van der Waals surface area contributed by atoms with E-state index in [2.05, 4.69) is 20.4 Å². The summed E-state index contributed by atoms with van der Waals surface area (Å²) in [6.45, 7) is 4.85. The first-order valence-electron chi connectivity index (χ1n) is 8.35. The second kappa shape index (κ2) is 8.17. The lowest BCUT2D eigenvalue weighted by molar-refractivity contribution is -0.126. The zero-order chi connectivity index (χ0) is 17.8. The maximum atomic E-state index is 11.9. The fourth-order valence-corrected chi connectivity index (χ4v) is 3.46. The molecule has 1 saturated heterocycles. The van der Waals surface area contributed by atoms with E-state index in [0.29, 0.717) is 40.4 Å². The molecule has 8 heteroatoms. The number of nitrogens with zero attached hydrogens (tertiary/aromatic N) is 3. The van der Waals surface area contributed by atoms with Gasteiger partial charge in [0.25, 0.3) is 0 Å². The molecule has 6 nitrogen and oxygen atoms in total. The van der Waals surface area contributed by atoms with Crippen LogP contribution in [0, 0.1) is 5.92 Å². The van der Waals surface area contributed by atoms with Crippen LogP contribution in [0.3, 0.4) is 0 Å². The molecule has 1 aromatic heterocycles. The van der Waals surface area contributed by atoms with Gasteiger partial charge in [-0.1, -0.05) is 28.4 Å². The Balaban J connectivity index is 1.58. The minimum Gasteiger partial charge on any atom is -0.356 e. The number of halogens is 2. The van der Waals surface area contributed by atoms with E-state index in [1.54, 1.807) is 18.2 Å². The number of carbonyl (C=O) groups excluding carboxylic acids is 1. The first-order chi connectivity index (χ1) is 12.1. The average molecular weight is 383 g/mol. The molecule has 1 N–H and O–H groups in total. The van der Waals surface area contributed by atoms with Gasteiger partial charge < -0.3 is 9.84 Å².